The average molecular weight is 420 g/mol. The Morgan fingerprint density at radius 3 is 2.30 bits per heavy atom. The first-order chi connectivity index (χ1) is 14.3. The van der Waals surface area contributed by atoms with Crippen LogP contribution >= 0.6 is 12.2 Å². The lowest BCUT2D eigenvalue weighted by Crippen LogP contribution is -2.54. The van der Waals surface area contributed by atoms with Gasteiger partial charge in [-0.05, 0) is 60.1 Å². The molecule has 2 aromatic carbocycles. The van der Waals surface area contributed by atoms with Crippen molar-refractivity contribution < 1.29 is 9.59 Å². The minimum atomic E-state index is -0.548. The average Bonchev–Trinajstić information content (AvgIpc) is 2.95. The van der Waals surface area contributed by atoms with Crippen LogP contribution in [-0.2, 0) is 30.1 Å². The lowest BCUT2D eigenvalue weighted by atomic mass is 10.1. The van der Waals surface area contributed by atoms with Gasteiger partial charge in [0.25, 0.3) is 11.8 Å². The number of aromatic nitrogens is 2. The summed E-state index contributed by atoms with van der Waals surface area (Å²) in [7, 11) is 3.38. The zero-order valence-corrected chi connectivity index (χ0v) is 17.6. The maximum absolute atomic E-state index is 13.1. The van der Waals surface area contributed by atoms with Gasteiger partial charge in [0.1, 0.15) is 5.57 Å². The van der Waals surface area contributed by atoms with Crippen LogP contribution in [0.25, 0.3) is 17.1 Å². The molecule has 1 fully saturated rings. The summed E-state index contributed by atoms with van der Waals surface area (Å²) in [5.74, 6) is -1.04. The quantitative estimate of drug-likeness (QED) is 0.401. The maximum Gasteiger partial charge on any atom is 0.328 e. The van der Waals surface area contributed by atoms with Gasteiger partial charge in [-0.15, -0.1) is 0 Å². The summed E-state index contributed by atoms with van der Waals surface area (Å²) in [6.45, 7) is 2.05. The van der Waals surface area contributed by atoms with E-state index in [1.54, 1.807) is 36.9 Å². The molecule has 2 amide bonds. The van der Waals surface area contributed by atoms with Crippen LogP contribution in [0.1, 0.15) is 18.1 Å². The predicted molar refractivity (Wildman–Crippen MR) is 120 cm³/mol. The number of nitrogens with zero attached hydrogens (tertiary/aromatic N) is 3. The van der Waals surface area contributed by atoms with Crippen LogP contribution in [0.4, 0.5) is 5.69 Å². The first kappa shape index (κ1) is 19.8. The fourth-order valence-corrected chi connectivity index (χ4v) is 3.83. The van der Waals surface area contributed by atoms with Crippen molar-refractivity contribution in [1.82, 2.24) is 14.5 Å². The zero-order chi connectivity index (χ0) is 21.6. The number of carbonyl (C=O) groups is 2. The Morgan fingerprint density at radius 1 is 0.967 bits per heavy atom. The van der Waals surface area contributed by atoms with E-state index in [9.17, 15) is 14.4 Å². The highest BCUT2D eigenvalue weighted by molar-refractivity contribution is 7.80. The Hall–Kier alpha value is -3.52. The Kier molecular flexibility index (Phi) is 4.87. The molecule has 30 heavy (non-hydrogen) atoms. The van der Waals surface area contributed by atoms with Crippen LogP contribution in [-0.4, -0.2) is 26.1 Å². The van der Waals surface area contributed by atoms with E-state index in [1.807, 2.05) is 31.2 Å². The molecule has 1 aliphatic rings. The molecular formula is C22H20N4O3S. The standard InChI is InChI=1S/C22H20N4O3S/c1-4-13-5-8-15(9-6-13)26-20(28)16(19(27)23-21(26)30)11-14-7-10-17-18(12-14)25(3)22(29)24(17)2/h5-12H,4H2,1-3H3,(H,23,27,30)/b16-11+. The molecule has 0 atom stereocenters. The number of nitrogens with one attached hydrogen (secondary N) is 1. The first-order valence-corrected chi connectivity index (χ1v) is 9.88. The second kappa shape index (κ2) is 7.38. The van der Waals surface area contributed by atoms with Gasteiger partial charge in [0.05, 0.1) is 16.7 Å². The van der Waals surface area contributed by atoms with Crippen molar-refractivity contribution in [2.75, 3.05) is 4.90 Å². The van der Waals surface area contributed by atoms with Crippen molar-refractivity contribution in [3.05, 3.63) is 69.6 Å². The smallest absolute Gasteiger partial charge is 0.298 e. The molecule has 3 aromatic rings. The van der Waals surface area contributed by atoms with Gasteiger partial charge in [-0.2, -0.15) is 0 Å². The molecule has 0 aliphatic carbocycles. The number of aryl methyl sites for hydroxylation is 3. The molecule has 0 bridgehead atoms. The van der Waals surface area contributed by atoms with Crippen molar-refractivity contribution in [1.29, 1.82) is 0 Å². The van der Waals surface area contributed by atoms with E-state index in [0.717, 1.165) is 17.5 Å². The zero-order valence-electron chi connectivity index (χ0n) is 16.8. The molecule has 0 radical (unpaired) electrons. The first-order valence-electron chi connectivity index (χ1n) is 9.47. The predicted octanol–water partition coefficient (Wildman–Crippen LogP) is 2.27. The Labute approximate surface area is 178 Å². The number of thiocarbonyl (C=S) groups is 1. The molecule has 0 spiro atoms. The lowest BCUT2D eigenvalue weighted by Gasteiger charge is -2.29. The third-order valence-electron chi connectivity index (χ3n) is 5.31. The summed E-state index contributed by atoms with van der Waals surface area (Å²) in [4.78, 5) is 39.1. The molecule has 2 heterocycles. The molecule has 1 aliphatic heterocycles. The second-order valence-electron chi connectivity index (χ2n) is 7.13. The summed E-state index contributed by atoms with van der Waals surface area (Å²) >= 11 is 5.24. The van der Waals surface area contributed by atoms with Crippen molar-refractivity contribution >= 4 is 51.9 Å². The molecule has 1 saturated heterocycles. The topological polar surface area (TPSA) is 76.3 Å². The Balaban J connectivity index is 1.76. The van der Waals surface area contributed by atoms with Crippen LogP contribution in [0.15, 0.2) is 52.8 Å². The Morgan fingerprint density at radius 2 is 1.63 bits per heavy atom. The number of hydrogen-bond donors (Lipinski definition) is 1. The highest BCUT2D eigenvalue weighted by Gasteiger charge is 2.34. The molecule has 0 unspecified atom stereocenters. The van der Waals surface area contributed by atoms with Gasteiger partial charge in [-0.25, -0.2) is 4.79 Å². The highest BCUT2D eigenvalue weighted by Crippen LogP contribution is 2.23. The molecule has 8 heteroatoms. The molecule has 7 nitrogen and oxygen atoms in total. The van der Waals surface area contributed by atoms with Crippen molar-refractivity contribution in [2.45, 2.75) is 13.3 Å². The van der Waals surface area contributed by atoms with Gasteiger partial charge in [0.15, 0.2) is 5.11 Å². The molecular weight excluding hydrogens is 400 g/mol. The third-order valence-corrected chi connectivity index (χ3v) is 5.60. The molecule has 0 saturated carbocycles. The summed E-state index contributed by atoms with van der Waals surface area (Å²) in [6.07, 6.45) is 2.40. The summed E-state index contributed by atoms with van der Waals surface area (Å²) < 4.78 is 3.07. The Bertz CT molecular complexity index is 1300. The van der Waals surface area contributed by atoms with Crippen LogP contribution in [0, 0.1) is 0 Å². The number of fused-ring (bicyclic) bond motifs is 1. The highest BCUT2D eigenvalue weighted by atomic mass is 32.1. The summed E-state index contributed by atoms with van der Waals surface area (Å²) in [5.41, 5.74) is 3.67. The van der Waals surface area contributed by atoms with E-state index in [1.165, 1.54) is 15.5 Å². The van der Waals surface area contributed by atoms with Crippen LogP contribution in [0.3, 0.4) is 0 Å². The number of anilines is 1. The monoisotopic (exact) mass is 420 g/mol. The van der Waals surface area contributed by atoms with Crippen LogP contribution in [0.2, 0.25) is 0 Å². The van der Waals surface area contributed by atoms with E-state index < -0.39 is 11.8 Å². The van der Waals surface area contributed by atoms with Gasteiger partial charge >= 0.3 is 5.69 Å². The van der Waals surface area contributed by atoms with Gasteiger partial charge in [-0.3, -0.25) is 28.9 Å². The SMILES string of the molecule is CCc1ccc(N2C(=O)/C(=C/c3ccc4c(c3)n(C)c(=O)n4C)C(=O)NC2=S)cc1. The number of hydrogen-bond acceptors (Lipinski definition) is 4. The van der Waals surface area contributed by atoms with Crippen LogP contribution in [0.5, 0.6) is 0 Å². The van der Waals surface area contributed by atoms with E-state index >= 15 is 0 Å². The van der Waals surface area contributed by atoms with Gasteiger partial charge < -0.3 is 0 Å². The molecule has 1 aromatic heterocycles. The van der Waals surface area contributed by atoms with Gasteiger partial charge in [0, 0.05) is 14.1 Å². The maximum atomic E-state index is 13.1. The fourth-order valence-electron chi connectivity index (χ4n) is 3.55. The van der Waals surface area contributed by atoms with Crippen molar-refractivity contribution in [2.24, 2.45) is 14.1 Å². The van der Waals surface area contributed by atoms with E-state index in [0.29, 0.717) is 16.8 Å². The minimum Gasteiger partial charge on any atom is -0.298 e. The van der Waals surface area contributed by atoms with Gasteiger partial charge in [-0.1, -0.05) is 25.1 Å². The number of benzene rings is 2. The number of imidazole rings is 1. The number of rotatable bonds is 3. The largest absolute Gasteiger partial charge is 0.328 e. The van der Waals surface area contributed by atoms with E-state index in [4.69, 9.17) is 12.2 Å². The summed E-state index contributed by atoms with van der Waals surface area (Å²) in [5, 5.41) is 2.64. The van der Waals surface area contributed by atoms with Crippen LogP contribution < -0.4 is 15.9 Å². The fraction of sp³-hybridized carbons (Fsp3) is 0.182. The minimum absolute atomic E-state index is 0.0246. The van der Waals surface area contributed by atoms with Gasteiger partial charge in [0.2, 0.25) is 0 Å². The third kappa shape index (κ3) is 3.15. The second-order valence-corrected chi connectivity index (χ2v) is 7.51. The number of amides is 2. The summed E-state index contributed by atoms with van der Waals surface area (Å²) in [6, 6.07) is 12.8. The van der Waals surface area contributed by atoms with E-state index in [-0.39, 0.29) is 16.4 Å². The normalized spacial score (nSPS) is 15.9. The van der Waals surface area contributed by atoms with Crippen molar-refractivity contribution in [3.8, 4) is 0 Å². The van der Waals surface area contributed by atoms with E-state index in [2.05, 4.69) is 5.32 Å². The molecule has 152 valence electrons. The molecule has 1 N–H and O–H groups in total. The van der Waals surface area contributed by atoms with Crippen molar-refractivity contribution in [3.63, 3.8) is 0 Å². The molecule has 4 rings (SSSR count). The number of carbonyl (C=O) groups excluding carboxylic acids is 2. The lowest BCUT2D eigenvalue weighted by molar-refractivity contribution is -0.122.